The highest BCUT2D eigenvalue weighted by molar-refractivity contribution is 5.40. The minimum absolute atomic E-state index is 0.579. The number of nitriles is 1. The van der Waals surface area contributed by atoms with Gasteiger partial charge in [-0.25, -0.2) is 0 Å². The Kier molecular flexibility index (Phi) is 2.04. The molecular weight excluding hydrogens is 196 g/mol. The summed E-state index contributed by atoms with van der Waals surface area (Å²) in [6, 6.07) is 14.6. The van der Waals surface area contributed by atoms with Crippen molar-refractivity contribution < 1.29 is 0 Å². The maximum absolute atomic E-state index is 8.94. The summed E-state index contributed by atoms with van der Waals surface area (Å²) in [5, 5.41) is 8.94. The molecule has 0 amide bonds. The van der Waals surface area contributed by atoms with Crippen LogP contribution in [0.5, 0.6) is 0 Å². The van der Waals surface area contributed by atoms with Gasteiger partial charge in [-0.2, -0.15) is 5.26 Å². The normalized spacial score (nSPS) is 17.3. The van der Waals surface area contributed by atoms with E-state index in [1.54, 1.807) is 0 Å². The Hall–Kier alpha value is -2.01. The van der Waals surface area contributed by atoms with Gasteiger partial charge in [-0.3, -0.25) is 0 Å². The second-order valence-corrected chi connectivity index (χ2v) is 4.26. The number of hydrogen-bond acceptors (Lipinski definition) is 1. The molecule has 16 heavy (non-hydrogen) atoms. The second kappa shape index (κ2) is 3.53. The SMILES string of the molecule is N#Cc1cccn1CC1Cc2ccccc21. The van der Waals surface area contributed by atoms with E-state index in [0.29, 0.717) is 5.92 Å². The molecule has 1 aliphatic carbocycles. The quantitative estimate of drug-likeness (QED) is 0.746. The van der Waals surface area contributed by atoms with Crippen molar-refractivity contribution >= 4 is 0 Å². The smallest absolute Gasteiger partial charge is 0.120 e. The predicted molar refractivity (Wildman–Crippen MR) is 62.0 cm³/mol. The zero-order valence-electron chi connectivity index (χ0n) is 8.93. The summed E-state index contributed by atoms with van der Waals surface area (Å²) >= 11 is 0. The van der Waals surface area contributed by atoms with E-state index in [9.17, 15) is 0 Å². The third kappa shape index (κ3) is 1.33. The van der Waals surface area contributed by atoms with Gasteiger partial charge in [-0.15, -0.1) is 0 Å². The van der Waals surface area contributed by atoms with Crippen LogP contribution in [0.1, 0.15) is 22.7 Å². The Balaban J connectivity index is 1.82. The Morgan fingerprint density at radius 1 is 1.25 bits per heavy atom. The van der Waals surface area contributed by atoms with Crippen molar-refractivity contribution in [1.82, 2.24) is 4.57 Å². The molecule has 0 bridgehead atoms. The monoisotopic (exact) mass is 208 g/mol. The Bertz CT molecular complexity index is 560. The van der Waals surface area contributed by atoms with Crippen molar-refractivity contribution in [3.8, 4) is 6.07 Å². The minimum atomic E-state index is 0.579. The molecule has 0 spiro atoms. The molecular formula is C14H12N2. The molecule has 2 aromatic rings. The van der Waals surface area contributed by atoms with Crippen molar-refractivity contribution in [3.63, 3.8) is 0 Å². The number of nitrogens with zero attached hydrogens (tertiary/aromatic N) is 2. The Labute approximate surface area is 94.8 Å². The molecule has 2 nitrogen and oxygen atoms in total. The summed E-state index contributed by atoms with van der Waals surface area (Å²) in [6.07, 6.45) is 3.12. The van der Waals surface area contributed by atoms with Gasteiger partial charge in [-0.05, 0) is 29.7 Å². The van der Waals surface area contributed by atoms with Crippen LogP contribution < -0.4 is 0 Å². The van der Waals surface area contributed by atoms with Crippen molar-refractivity contribution in [2.24, 2.45) is 0 Å². The van der Waals surface area contributed by atoms with Crippen molar-refractivity contribution in [1.29, 1.82) is 5.26 Å². The molecule has 0 radical (unpaired) electrons. The van der Waals surface area contributed by atoms with Crippen LogP contribution in [0.15, 0.2) is 42.6 Å². The molecule has 1 heterocycles. The van der Waals surface area contributed by atoms with Gasteiger partial charge in [0.2, 0.25) is 0 Å². The van der Waals surface area contributed by atoms with Crippen LogP contribution in [-0.4, -0.2) is 4.57 Å². The molecule has 1 aromatic heterocycles. The first-order valence-electron chi connectivity index (χ1n) is 5.51. The van der Waals surface area contributed by atoms with Crippen LogP contribution >= 0.6 is 0 Å². The topological polar surface area (TPSA) is 28.7 Å². The first-order chi connectivity index (χ1) is 7.88. The highest BCUT2D eigenvalue weighted by atomic mass is 15.0. The maximum atomic E-state index is 8.94. The summed E-state index contributed by atoms with van der Waals surface area (Å²) in [4.78, 5) is 0. The Morgan fingerprint density at radius 3 is 2.94 bits per heavy atom. The number of fused-ring (bicyclic) bond motifs is 1. The summed E-state index contributed by atoms with van der Waals surface area (Å²) in [6.45, 7) is 0.924. The van der Waals surface area contributed by atoms with Crippen molar-refractivity contribution in [3.05, 3.63) is 59.4 Å². The summed E-state index contributed by atoms with van der Waals surface area (Å²) in [7, 11) is 0. The van der Waals surface area contributed by atoms with Crippen LogP contribution in [0.25, 0.3) is 0 Å². The first kappa shape index (κ1) is 9.23. The molecule has 1 aliphatic rings. The van der Waals surface area contributed by atoms with E-state index in [1.807, 2.05) is 22.9 Å². The summed E-state index contributed by atoms with van der Waals surface area (Å²) in [5.74, 6) is 0.579. The first-order valence-corrected chi connectivity index (χ1v) is 5.51. The van der Waals surface area contributed by atoms with E-state index < -0.39 is 0 Å². The van der Waals surface area contributed by atoms with E-state index in [4.69, 9.17) is 5.26 Å². The third-order valence-electron chi connectivity index (χ3n) is 3.32. The van der Waals surface area contributed by atoms with Gasteiger partial charge in [0.25, 0.3) is 0 Å². The lowest BCUT2D eigenvalue weighted by Gasteiger charge is -2.30. The van der Waals surface area contributed by atoms with Gasteiger partial charge in [0.1, 0.15) is 11.8 Å². The molecule has 0 aliphatic heterocycles. The third-order valence-corrected chi connectivity index (χ3v) is 3.32. The van der Waals surface area contributed by atoms with Crippen molar-refractivity contribution in [2.45, 2.75) is 18.9 Å². The molecule has 0 fully saturated rings. The highest BCUT2D eigenvalue weighted by Crippen LogP contribution is 2.36. The zero-order chi connectivity index (χ0) is 11.0. The van der Waals surface area contributed by atoms with Crippen LogP contribution in [0.2, 0.25) is 0 Å². The van der Waals surface area contributed by atoms with Crippen molar-refractivity contribution in [2.75, 3.05) is 0 Å². The van der Waals surface area contributed by atoms with Gasteiger partial charge in [0, 0.05) is 18.7 Å². The standard InChI is InChI=1S/C14H12N2/c15-9-13-5-3-7-16(13)10-12-8-11-4-1-2-6-14(11)12/h1-7,12H,8,10H2. The number of rotatable bonds is 2. The molecule has 0 N–H and O–H groups in total. The minimum Gasteiger partial charge on any atom is -0.339 e. The summed E-state index contributed by atoms with van der Waals surface area (Å²) in [5.41, 5.74) is 3.66. The van der Waals surface area contributed by atoms with E-state index >= 15 is 0 Å². The van der Waals surface area contributed by atoms with E-state index in [1.165, 1.54) is 11.1 Å². The molecule has 78 valence electrons. The average Bonchev–Trinajstić information content (AvgIpc) is 2.73. The van der Waals surface area contributed by atoms with E-state index in [0.717, 1.165) is 18.7 Å². The van der Waals surface area contributed by atoms with Gasteiger partial charge in [0.05, 0.1) is 0 Å². The molecule has 1 atom stereocenters. The lowest BCUT2D eigenvalue weighted by molar-refractivity contribution is 0.507. The maximum Gasteiger partial charge on any atom is 0.120 e. The fraction of sp³-hybridized carbons (Fsp3) is 0.214. The van der Waals surface area contributed by atoms with Gasteiger partial charge < -0.3 is 4.57 Å². The van der Waals surface area contributed by atoms with Gasteiger partial charge in [-0.1, -0.05) is 24.3 Å². The lowest BCUT2D eigenvalue weighted by Crippen LogP contribution is -2.22. The molecule has 2 heteroatoms. The van der Waals surface area contributed by atoms with Crippen LogP contribution in [0.4, 0.5) is 0 Å². The van der Waals surface area contributed by atoms with Crippen LogP contribution in [-0.2, 0) is 13.0 Å². The largest absolute Gasteiger partial charge is 0.339 e. The average molecular weight is 208 g/mol. The molecule has 1 unspecified atom stereocenters. The van der Waals surface area contributed by atoms with E-state index in [2.05, 4.69) is 30.3 Å². The number of hydrogen-bond donors (Lipinski definition) is 0. The lowest BCUT2D eigenvalue weighted by atomic mass is 9.77. The fourth-order valence-electron chi connectivity index (χ4n) is 2.44. The fourth-order valence-corrected chi connectivity index (χ4v) is 2.44. The molecule has 3 rings (SSSR count). The molecule has 0 saturated heterocycles. The van der Waals surface area contributed by atoms with Crippen LogP contribution in [0.3, 0.4) is 0 Å². The van der Waals surface area contributed by atoms with Crippen LogP contribution in [0, 0.1) is 11.3 Å². The van der Waals surface area contributed by atoms with E-state index in [-0.39, 0.29) is 0 Å². The van der Waals surface area contributed by atoms with Gasteiger partial charge >= 0.3 is 0 Å². The number of aromatic nitrogens is 1. The predicted octanol–water partition coefficient (Wildman–Crippen LogP) is 2.70. The van der Waals surface area contributed by atoms with Gasteiger partial charge in [0.15, 0.2) is 0 Å². The highest BCUT2D eigenvalue weighted by Gasteiger charge is 2.25. The Morgan fingerprint density at radius 2 is 2.12 bits per heavy atom. The molecule has 0 saturated carbocycles. The zero-order valence-corrected chi connectivity index (χ0v) is 8.93. The summed E-state index contributed by atoms with van der Waals surface area (Å²) < 4.78 is 2.04. The number of benzene rings is 1. The second-order valence-electron chi connectivity index (χ2n) is 4.26. The molecule has 1 aromatic carbocycles.